The molecule has 4 heteroatoms. The van der Waals surface area contributed by atoms with Crippen LogP contribution in [0.1, 0.15) is 32.3 Å². The molecule has 0 aliphatic rings. The SMILES string of the molecule is CCCNc1nc2c(F)cc(Br)cc2cc1CCC. The molecule has 1 heterocycles. The molecule has 0 bridgehead atoms. The van der Waals surface area contributed by atoms with E-state index in [4.69, 9.17) is 0 Å². The molecule has 0 atom stereocenters. The van der Waals surface area contributed by atoms with E-state index >= 15 is 0 Å². The van der Waals surface area contributed by atoms with E-state index in [2.05, 4.69) is 40.1 Å². The van der Waals surface area contributed by atoms with Gasteiger partial charge in [-0.15, -0.1) is 0 Å². The van der Waals surface area contributed by atoms with Crippen molar-refractivity contribution in [2.45, 2.75) is 33.1 Å². The zero-order valence-electron chi connectivity index (χ0n) is 11.3. The predicted molar refractivity (Wildman–Crippen MR) is 82.2 cm³/mol. The molecule has 1 N–H and O–H groups in total. The summed E-state index contributed by atoms with van der Waals surface area (Å²) in [4.78, 5) is 4.46. The van der Waals surface area contributed by atoms with Crippen molar-refractivity contribution in [3.8, 4) is 0 Å². The molecule has 0 saturated carbocycles. The van der Waals surface area contributed by atoms with Crippen LogP contribution in [-0.2, 0) is 6.42 Å². The quantitative estimate of drug-likeness (QED) is 0.845. The van der Waals surface area contributed by atoms with Crippen LogP contribution in [0.15, 0.2) is 22.7 Å². The van der Waals surface area contributed by atoms with Crippen molar-refractivity contribution < 1.29 is 4.39 Å². The number of halogens is 2. The second-order valence-electron chi connectivity index (χ2n) is 4.63. The van der Waals surface area contributed by atoms with Crippen LogP contribution in [0.2, 0.25) is 0 Å². The number of aryl methyl sites for hydroxylation is 1. The molecule has 0 unspecified atom stereocenters. The number of nitrogens with one attached hydrogen (secondary N) is 1. The monoisotopic (exact) mass is 324 g/mol. The van der Waals surface area contributed by atoms with Crippen LogP contribution in [0.5, 0.6) is 0 Å². The third kappa shape index (κ3) is 3.24. The van der Waals surface area contributed by atoms with E-state index in [0.29, 0.717) is 5.52 Å². The van der Waals surface area contributed by atoms with Crippen LogP contribution in [0, 0.1) is 5.82 Å². The molecule has 2 rings (SSSR count). The number of fused-ring (bicyclic) bond motifs is 1. The molecule has 2 nitrogen and oxygen atoms in total. The maximum absolute atomic E-state index is 13.9. The average Bonchev–Trinajstić information content (AvgIpc) is 2.37. The maximum atomic E-state index is 13.9. The van der Waals surface area contributed by atoms with E-state index in [9.17, 15) is 4.39 Å². The van der Waals surface area contributed by atoms with Crippen LogP contribution in [0.25, 0.3) is 10.9 Å². The molecule has 1 aromatic carbocycles. The van der Waals surface area contributed by atoms with Gasteiger partial charge in [-0.3, -0.25) is 0 Å². The Bertz CT molecular complexity index is 584. The summed E-state index contributed by atoms with van der Waals surface area (Å²) in [6, 6.07) is 5.41. The Morgan fingerprint density at radius 2 is 2.00 bits per heavy atom. The third-order valence-electron chi connectivity index (χ3n) is 2.98. The van der Waals surface area contributed by atoms with Crippen molar-refractivity contribution in [3.05, 3.63) is 34.1 Å². The summed E-state index contributed by atoms with van der Waals surface area (Å²) in [6.07, 6.45) is 3.02. The van der Waals surface area contributed by atoms with Gasteiger partial charge < -0.3 is 5.32 Å². The normalized spacial score (nSPS) is 10.9. The summed E-state index contributed by atoms with van der Waals surface area (Å²) in [7, 11) is 0. The molecule has 1 aromatic heterocycles. The fraction of sp³-hybridized carbons (Fsp3) is 0.400. The van der Waals surface area contributed by atoms with Gasteiger partial charge in [-0.05, 0) is 36.6 Å². The number of aromatic nitrogens is 1. The molecule has 0 spiro atoms. The van der Waals surface area contributed by atoms with Crippen LogP contribution in [0.3, 0.4) is 0 Å². The minimum atomic E-state index is -0.285. The highest BCUT2D eigenvalue weighted by atomic mass is 79.9. The highest BCUT2D eigenvalue weighted by molar-refractivity contribution is 9.10. The van der Waals surface area contributed by atoms with E-state index in [1.165, 1.54) is 6.07 Å². The second-order valence-corrected chi connectivity index (χ2v) is 5.55. The summed E-state index contributed by atoms with van der Waals surface area (Å²) in [5.41, 5.74) is 1.59. The minimum Gasteiger partial charge on any atom is -0.370 e. The standard InChI is InChI=1S/C15H18BrFN2/c1-3-5-10-7-11-8-12(16)9-13(17)14(11)19-15(10)18-6-4-2/h7-9H,3-6H2,1-2H3,(H,18,19). The summed E-state index contributed by atoms with van der Waals surface area (Å²) in [6.45, 7) is 5.09. The number of rotatable bonds is 5. The molecule has 0 amide bonds. The van der Waals surface area contributed by atoms with Crippen molar-refractivity contribution in [2.24, 2.45) is 0 Å². The molecule has 0 aliphatic carbocycles. The molecular weight excluding hydrogens is 307 g/mol. The van der Waals surface area contributed by atoms with Gasteiger partial charge in [0.15, 0.2) is 5.82 Å². The Kier molecular flexibility index (Phi) is 4.75. The number of hydrogen-bond donors (Lipinski definition) is 1. The van der Waals surface area contributed by atoms with Gasteiger partial charge in [-0.1, -0.05) is 36.2 Å². The lowest BCUT2D eigenvalue weighted by Gasteiger charge is -2.12. The van der Waals surface area contributed by atoms with Gasteiger partial charge in [-0.2, -0.15) is 0 Å². The lowest BCUT2D eigenvalue weighted by molar-refractivity contribution is 0.636. The Labute approximate surface area is 121 Å². The van der Waals surface area contributed by atoms with Crippen LogP contribution in [-0.4, -0.2) is 11.5 Å². The zero-order chi connectivity index (χ0) is 13.8. The van der Waals surface area contributed by atoms with E-state index < -0.39 is 0 Å². The lowest BCUT2D eigenvalue weighted by atomic mass is 10.1. The van der Waals surface area contributed by atoms with E-state index in [1.54, 1.807) is 0 Å². The number of anilines is 1. The number of nitrogens with zero attached hydrogens (tertiary/aromatic N) is 1. The third-order valence-corrected chi connectivity index (χ3v) is 3.43. The summed E-state index contributed by atoms with van der Waals surface area (Å²) in [5.74, 6) is 0.532. The van der Waals surface area contributed by atoms with Gasteiger partial charge in [-0.25, -0.2) is 9.37 Å². The van der Waals surface area contributed by atoms with Crippen molar-refractivity contribution in [3.63, 3.8) is 0 Å². The van der Waals surface area contributed by atoms with Crippen molar-refractivity contribution >= 4 is 32.7 Å². The molecule has 2 aromatic rings. The van der Waals surface area contributed by atoms with E-state index in [0.717, 1.165) is 47.0 Å². The Hall–Kier alpha value is -1.16. The average molecular weight is 325 g/mol. The second kappa shape index (κ2) is 6.33. The summed E-state index contributed by atoms with van der Waals surface area (Å²) in [5, 5.41) is 4.14. The number of hydrogen-bond acceptors (Lipinski definition) is 2. The van der Waals surface area contributed by atoms with Crippen molar-refractivity contribution in [1.29, 1.82) is 0 Å². The smallest absolute Gasteiger partial charge is 0.150 e. The maximum Gasteiger partial charge on any atom is 0.150 e. The molecule has 0 aliphatic heterocycles. The molecule has 19 heavy (non-hydrogen) atoms. The minimum absolute atomic E-state index is 0.285. The number of benzene rings is 1. The first-order valence-electron chi connectivity index (χ1n) is 6.68. The van der Waals surface area contributed by atoms with Gasteiger partial charge in [0.2, 0.25) is 0 Å². The largest absolute Gasteiger partial charge is 0.370 e. The summed E-state index contributed by atoms with van der Waals surface area (Å²) >= 11 is 3.32. The number of pyridine rings is 1. The molecule has 102 valence electrons. The molecular formula is C15H18BrFN2. The fourth-order valence-corrected chi connectivity index (χ4v) is 2.56. The first-order chi connectivity index (χ1) is 9.15. The fourth-order valence-electron chi connectivity index (χ4n) is 2.11. The van der Waals surface area contributed by atoms with E-state index in [1.807, 2.05) is 12.1 Å². The topological polar surface area (TPSA) is 24.9 Å². The first-order valence-corrected chi connectivity index (χ1v) is 7.47. The van der Waals surface area contributed by atoms with Crippen molar-refractivity contribution in [1.82, 2.24) is 4.98 Å². The Balaban J connectivity index is 2.55. The Morgan fingerprint density at radius 3 is 2.68 bits per heavy atom. The van der Waals surface area contributed by atoms with Gasteiger partial charge >= 0.3 is 0 Å². The van der Waals surface area contributed by atoms with Crippen LogP contribution in [0.4, 0.5) is 10.2 Å². The van der Waals surface area contributed by atoms with Crippen LogP contribution >= 0.6 is 15.9 Å². The summed E-state index contributed by atoms with van der Waals surface area (Å²) < 4.78 is 14.7. The highest BCUT2D eigenvalue weighted by Crippen LogP contribution is 2.26. The van der Waals surface area contributed by atoms with Crippen molar-refractivity contribution in [2.75, 3.05) is 11.9 Å². The first kappa shape index (κ1) is 14.3. The highest BCUT2D eigenvalue weighted by Gasteiger charge is 2.10. The van der Waals surface area contributed by atoms with Gasteiger partial charge in [0, 0.05) is 16.4 Å². The van der Waals surface area contributed by atoms with Gasteiger partial charge in [0.25, 0.3) is 0 Å². The predicted octanol–water partition coefficient (Wildman–Crippen LogP) is 4.91. The Morgan fingerprint density at radius 1 is 1.21 bits per heavy atom. The lowest BCUT2D eigenvalue weighted by Crippen LogP contribution is -2.06. The van der Waals surface area contributed by atoms with E-state index in [-0.39, 0.29) is 5.82 Å². The molecule has 0 fully saturated rings. The molecule has 0 radical (unpaired) electrons. The van der Waals surface area contributed by atoms with Gasteiger partial charge in [0.1, 0.15) is 11.3 Å². The van der Waals surface area contributed by atoms with Crippen LogP contribution < -0.4 is 5.32 Å². The van der Waals surface area contributed by atoms with Gasteiger partial charge in [0.05, 0.1) is 0 Å². The zero-order valence-corrected chi connectivity index (χ0v) is 12.8. The molecule has 0 saturated heterocycles.